The number of anilines is 3. The van der Waals surface area contributed by atoms with Gasteiger partial charge in [0.15, 0.2) is 11.6 Å². The summed E-state index contributed by atoms with van der Waals surface area (Å²) in [6, 6.07) is 14.3. The molecule has 0 unspecified atom stereocenters. The van der Waals surface area contributed by atoms with Crippen LogP contribution in [0.2, 0.25) is 5.02 Å². The van der Waals surface area contributed by atoms with Crippen molar-refractivity contribution >= 4 is 50.0 Å². The standard InChI is InChI=1S/C18H15ClN6O2S/c1-25-11-12(10-20-25)28(26,27)24-18-17(21-14-7-3-2-6-13(14)19)22-15-8-4-5-9-16(15)23-18/h2-11H,1H3,(H,21,22)(H,23,24). The van der Waals surface area contributed by atoms with Gasteiger partial charge in [-0.05, 0) is 24.3 Å². The highest BCUT2D eigenvalue weighted by Crippen LogP contribution is 2.30. The molecule has 0 aliphatic heterocycles. The smallest absolute Gasteiger partial charge is 0.266 e. The summed E-state index contributed by atoms with van der Waals surface area (Å²) >= 11 is 6.22. The largest absolute Gasteiger partial charge is 0.336 e. The van der Waals surface area contributed by atoms with E-state index in [0.717, 1.165) is 0 Å². The number of nitrogens with zero attached hydrogens (tertiary/aromatic N) is 4. The Morgan fingerprint density at radius 1 is 0.964 bits per heavy atom. The van der Waals surface area contributed by atoms with Crippen LogP contribution in [0.4, 0.5) is 17.3 Å². The summed E-state index contributed by atoms with van der Waals surface area (Å²) in [5.74, 6) is 0.293. The van der Waals surface area contributed by atoms with Crippen LogP contribution in [-0.4, -0.2) is 28.2 Å². The van der Waals surface area contributed by atoms with Crippen LogP contribution in [0, 0.1) is 0 Å². The second-order valence-corrected chi connectivity index (χ2v) is 8.06. The van der Waals surface area contributed by atoms with E-state index >= 15 is 0 Å². The molecule has 0 amide bonds. The SMILES string of the molecule is Cn1cc(S(=O)(=O)Nc2nc3ccccc3nc2Nc2ccccc2Cl)cn1. The number of para-hydroxylation sites is 3. The van der Waals surface area contributed by atoms with E-state index in [-0.39, 0.29) is 16.5 Å². The Labute approximate surface area is 166 Å². The molecule has 0 spiro atoms. The number of hydrogen-bond donors (Lipinski definition) is 2. The average molecular weight is 415 g/mol. The van der Waals surface area contributed by atoms with E-state index in [1.807, 2.05) is 12.1 Å². The maximum absolute atomic E-state index is 12.7. The number of rotatable bonds is 5. The van der Waals surface area contributed by atoms with Gasteiger partial charge in [-0.2, -0.15) is 5.10 Å². The zero-order chi connectivity index (χ0) is 19.7. The predicted molar refractivity (Wildman–Crippen MR) is 108 cm³/mol. The predicted octanol–water partition coefficient (Wildman–Crippen LogP) is 3.56. The maximum atomic E-state index is 12.7. The van der Waals surface area contributed by atoms with Crippen molar-refractivity contribution in [1.29, 1.82) is 0 Å². The van der Waals surface area contributed by atoms with Gasteiger partial charge in [0, 0.05) is 13.2 Å². The van der Waals surface area contributed by atoms with Crippen molar-refractivity contribution in [1.82, 2.24) is 19.7 Å². The lowest BCUT2D eigenvalue weighted by atomic mass is 10.3. The molecule has 10 heteroatoms. The monoisotopic (exact) mass is 414 g/mol. The fraction of sp³-hybridized carbons (Fsp3) is 0.0556. The zero-order valence-electron chi connectivity index (χ0n) is 14.7. The second-order valence-electron chi connectivity index (χ2n) is 5.97. The molecule has 2 aromatic heterocycles. The molecule has 0 atom stereocenters. The summed E-state index contributed by atoms with van der Waals surface area (Å²) in [5.41, 5.74) is 1.74. The summed E-state index contributed by atoms with van der Waals surface area (Å²) in [7, 11) is -2.26. The van der Waals surface area contributed by atoms with Crippen molar-refractivity contribution in [2.45, 2.75) is 4.90 Å². The van der Waals surface area contributed by atoms with Crippen LogP contribution in [0.3, 0.4) is 0 Å². The quantitative estimate of drug-likeness (QED) is 0.517. The number of benzene rings is 2. The molecule has 8 nitrogen and oxygen atoms in total. The van der Waals surface area contributed by atoms with Gasteiger partial charge < -0.3 is 5.32 Å². The molecule has 0 radical (unpaired) electrons. The molecular formula is C18H15ClN6O2S. The molecule has 0 saturated heterocycles. The number of aryl methyl sites for hydroxylation is 1. The van der Waals surface area contributed by atoms with Gasteiger partial charge in [0.2, 0.25) is 0 Å². The van der Waals surface area contributed by atoms with Gasteiger partial charge in [-0.15, -0.1) is 0 Å². The van der Waals surface area contributed by atoms with E-state index in [1.54, 1.807) is 43.4 Å². The van der Waals surface area contributed by atoms with E-state index in [2.05, 4.69) is 25.1 Å². The Balaban J connectivity index is 1.80. The minimum absolute atomic E-state index is 0.0219. The highest BCUT2D eigenvalue weighted by molar-refractivity contribution is 7.92. The van der Waals surface area contributed by atoms with Gasteiger partial charge in [0.1, 0.15) is 4.90 Å². The molecule has 142 valence electrons. The number of aromatic nitrogens is 4. The van der Waals surface area contributed by atoms with Gasteiger partial charge in [0.05, 0.1) is 27.9 Å². The van der Waals surface area contributed by atoms with Crippen molar-refractivity contribution in [2.75, 3.05) is 10.0 Å². The minimum atomic E-state index is -3.89. The molecule has 28 heavy (non-hydrogen) atoms. The highest BCUT2D eigenvalue weighted by Gasteiger charge is 2.20. The van der Waals surface area contributed by atoms with Crippen LogP contribution < -0.4 is 10.0 Å². The van der Waals surface area contributed by atoms with Crippen LogP contribution in [-0.2, 0) is 17.1 Å². The van der Waals surface area contributed by atoms with Crippen molar-refractivity contribution in [3.05, 3.63) is 65.9 Å². The summed E-state index contributed by atoms with van der Waals surface area (Å²) in [6.45, 7) is 0. The Morgan fingerprint density at radius 2 is 1.61 bits per heavy atom. The third kappa shape index (κ3) is 3.62. The molecule has 0 saturated carbocycles. The molecule has 2 N–H and O–H groups in total. The van der Waals surface area contributed by atoms with Crippen LogP contribution in [0.1, 0.15) is 0 Å². The van der Waals surface area contributed by atoms with Crippen LogP contribution in [0.25, 0.3) is 11.0 Å². The normalized spacial score (nSPS) is 11.5. The summed E-state index contributed by atoms with van der Waals surface area (Å²) in [5, 5.41) is 7.43. The number of fused-ring (bicyclic) bond motifs is 1. The average Bonchev–Trinajstić information content (AvgIpc) is 3.11. The summed E-state index contributed by atoms with van der Waals surface area (Å²) < 4.78 is 29.4. The van der Waals surface area contributed by atoms with Crippen LogP contribution in [0.15, 0.2) is 65.8 Å². The molecule has 4 rings (SSSR count). The lowest BCUT2D eigenvalue weighted by Gasteiger charge is -2.14. The fourth-order valence-electron chi connectivity index (χ4n) is 2.57. The molecule has 2 aromatic carbocycles. The first-order chi connectivity index (χ1) is 13.4. The third-order valence-corrected chi connectivity index (χ3v) is 5.54. The Kier molecular flexibility index (Phi) is 4.62. The molecule has 0 aliphatic carbocycles. The first-order valence-corrected chi connectivity index (χ1v) is 10.1. The topological polar surface area (TPSA) is 102 Å². The molecule has 2 heterocycles. The molecule has 0 bridgehead atoms. The Bertz CT molecular complexity index is 1270. The molecule has 0 aliphatic rings. The van der Waals surface area contributed by atoms with E-state index in [0.29, 0.717) is 21.7 Å². The number of halogens is 1. The van der Waals surface area contributed by atoms with Gasteiger partial charge in [-0.1, -0.05) is 35.9 Å². The molecule has 4 aromatic rings. The van der Waals surface area contributed by atoms with Crippen molar-refractivity contribution < 1.29 is 8.42 Å². The van der Waals surface area contributed by atoms with Gasteiger partial charge >= 0.3 is 0 Å². The number of hydrogen-bond acceptors (Lipinski definition) is 6. The fourth-order valence-corrected chi connectivity index (χ4v) is 3.75. The first kappa shape index (κ1) is 18.2. The van der Waals surface area contributed by atoms with Crippen molar-refractivity contribution in [2.24, 2.45) is 7.05 Å². The highest BCUT2D eigenvalue weighted by atomic mass is 35.5. The third-order valence-electron chi connectivity index (χ3n) is 3.92. The minimum Gasteiger partial charge on any atom is -0.336 e. The first-order valence-electron chi connectivity index (χ1n) is 8.22. The molecule has 0 fully saturated rings. The zero-order valence-corrected chi connectivity index (χ0v) is 16.2. The number of sulfonamides is 1. The number of nitrogens with one attached hydrogen (secondary N) is 2. The van der Waals surface area contributed by atoms with Crippen molar-refractivity contribution in [3.8, 4) is 0 Å². The van der Waals surface area contributed by atoms with E-state index in [9.17, 15) is 8.42 Å². The van der Waals surface area contributed by atoms with Crippen LogP contribution >= 0.6 is 11.6 Å². The summed E-state index contributed by atoms with van der Waals surface area (Å²) in [4.78, 5) is 8.97. The molecular weight excluding hydrogens is 400 g/mol. The van der Waals surface area contributed by atoms with Gasteiger partial charge in [-0.3, -0.25) is 9.40 Å². The van der Waals surface area contributed by atoms with Gasteiger partial charge in [0.25, 0.3) is 10.0 Å². The second kappa shape index (κ2) is 7.10. The van der Waals surface area contributed by atoms with E-state index in [1.165, 1.54) is 17.1 Å². The summed E-state index contributed by atoms with van der Waals surface area (Å²) in [6.07, 6.45) is 2.66. The van der Waals surface area contributed by atoms with Gasteiger partial charge in [-0.25, -0.2) is 18.4 Å². The lowest BCUT2D eigenvalue weighted by Crippen LogP contribution is -2.15. The van der Waals surface area contributed by atoms with Crippen LogP contribution in [0.5, 0.6) is 0 Å². The van der Waals surface area contributed by atoms with E-state index < -0.39 is 10.0 Å². The lowest BCUT2D eigenvalue weighted by molar-refractivity contribution is 0.601. The Hall–Kier alpha value is -3.17. The van der Waals surface area contributed by atoms with E-state index in [4.69, 9.17) is 11.6 Å². The van der Waals surface area contributed by atoms with Crippen molar-refractivity contribution in [3.63, 3.8) is 0 Å². The maximum Gasteiger partial charge on any atom is 0.266 e. The Morgan fingerprint density at radius 3 is 2.25 bits per heavy atom.